The van der Waals surface area contributed by atoms with E-state index in [4.69, 9.17) is 9.47 Å². The maximum atomic E-state index is 13.7. The fraction of sp³-hybridized carbons (Fsp3) is 0.440. The summed E-state index contributed by atoms with van der Waals surface area (Å²) < 4.78 is 24.5. The van der Waals surface area contributed by atoms with Crippen LogP contribution in [0.3, 0.4) is 0 Å². The van der Waals surface area contributed by atoms with Crippen LogP contribution in [-0.2, 0) is 16.1 Å². The van der Waals surface area contributed by atoms with Crippen LogP contribution in [0.25, 0.3) is 0 Å². The molecule has 2 aliphatic heterocycles. The number of amides is 2. The van der Waals surface area contributed by atoms with Crippen molar-refractivity contribution >= 4 is 11.8 Å². The van der Waals surface area contributed by atoms with Crippen LogP contribution < -0.4 is 9.47 Å². The van der Waals surface area contributed by atoms with Crippen LogP contribution in [0, 0.1) is 5.82 Å². The third kappa shape index (κ3) is 4.04. The Morgan fingerprint density at radius 2 is 1.62 bits per heavy atom. The largest absolute Gasteiger partial charge is 0.454 e. The number of hydrogen-bond acceptors (Lipinski definition) is 4. The second kappa shape index (κ2) is 8.81. The third-order valence-corrected chi connectivity index (χ3v) is 6.70. The molecule has 1 aliphatic carbocycles. The van der Waals surface area contributed by atoms with Gasteiger partial charge in [-0.3, -0.25) is 9.59 Å². The highest BCUT2D eigenvalue weighted by atomic mass is 19.1. The van der Waals surface area contributed by atoms with E-state index < -0.39 is 6.04 Å². The van der Waals surface area contributed by atoms with Crippen LogP contribution >= 0.6 is 0 Å². The van der Waals surface area contributed by atoms with Gasteiger partial charge in [-0.1, -0.05) is 43.9 Å². The highest BCUT2D eigenvalue weighted by Crippen LogP contribution is 2.36. The van der Waals surface area contributed by atoms with Gasteiger partial charge in [-0.05, 0) is 48.2 Å². The summed E-state index contributed by atoms with van der Waals surface area (Å²) in [6.07, 6.45) is 6.35. The first-order valence-electron chi connectivity index (χ1n) is 11.3. The predicted octanol–water partition coefficient (Wildman–Crippen LogP) is 4.19. The molecule has 2 aromatic carbocycles. The van der Waals surface area contributed by atoms with Crippen LogP contribution in [0.4, 0.5) is 4.39 Å². The molecule has 2 heterocycles. The molecule has 1 atom stereocenters. The molecule has 0 aromatic heterocycles. The Balaban J connectivity index is 1.46. The number of benzene rings is 2. The molecule has 1 saturated heterocycles. The van der Waals surface area contributed by atoms with Gasteiger partial charge in [0.25, 0.3) is 5.91 Å². The number of hydrogen-bond donors (Lipinski definition) is 0. The van der Waals surface area contributed by atoms with Crippen molar-refractivity contribution in [3.8, 4) is 11.5 Å². The summed E-state index contributed by atoms with van der Waals surface area (Å²) in [5.41, 5.74) is 1.48. The zero-order chi connectivity index (χ0) is 22.1. The number of piperazine rings is 1. The minimum Gasteiger partial charge on any atom is -0.454 e. The van der Waals surface area contributed by atoms with E-state index >= 15 is 0 Å². The number of halogens is 1. The van der Waals surface area contributed by atoms with Crippen LogP contribution in [0.5, 0.6) is 11.5 Å². The maximum Gasteiger partial charge on any atom is 0.250 e. The van der Waals surface area contributed by atoms with Gasteiger partial charge in [-0.25, -0.2) is 4.39 Å². The van der Waals surface area contributed by atoms with Gasteiger partial charge in [-0.2, -0.15) is 0 Å². The van der Waals surface area contributed by atoms with Crippen molar-refractivity contribution in [2.45, 2.75) is 57.2 Å². The van der Waals surface area contributed by atoms with Crippen molar-refractivity contribution < 1.29 is 23.5 Å². The van der Waals surface area contributed by atoms with E-state index in [1.54, 1.807) is 21.9 Å². The van der Waals surface area contributed by atoms with Gasteiger partial charge in [0.1, 0.15) is 18.4 Å². The zero-order valence-electron chi connectivity index (χ0n) is 18.0. The minimum atomic E-state index is -0.773. The Labute approximate surface area is 186 Å². The fourth-order valence-electron chi connectivity index (χ4n) is 5.01. The average molecular weight is 438 g/mol. The monoisotopic (exact) mass is 438 g/mol. The number of rotatable bonds is 4. The van der Waals surface area contributed by atoms with Gasteiger partial charge in [-0.15, -0.1) is 0 Å². The summed E-state index contributed by atoms with van der Waals surface area (Å²) in [7, 11) is 0. The Hall–Kier alpha value is -3.09. The van der Waals surface area contributed by atoms with Crippen LogP contribution in [0.1, 0.15) is 55.7 Å². The molecule has 0 bridgehead atoms. The maximum absolute atomic E-state index is 13.7. The van der Waals surface area contributed by atoms with Gasteiger partial charge < -0.3 is 19.3 Å². The van der Waals surface area contributed by atoms with Crippen molar-refractivity contribution in [1.82, 2.24) is 9.80 Å². The molecular weight excluding hydrogens is 411 g/mol. The quantitative estimate of drug-likeness (QED) is 0.672. The highest BCUT2D eigenvalue weighted by Gasteiger charge is 2.42. The van der Waals surface area contributed by atoms with E-state index in [-0.39, 0.29) is 43.6 Å². The summed E-state index contributed by atoms with van der Waals surface area (Å²) in [5.74, 6) is 0.761. The summed E-state index contributed by atoms with van der Waals surface area (Å²) in [6.45, 7) is 0.530. The first-order chi connectivity index (χ1) is 15.6. The van der Waals surface area contributed by atoms with Crippen molar-refractivity contribution in [1.29, 1.82) is 0 Å². The Morgan fingerprint density at radius 1 is 0.906 bits per heavy atom. The molecule has 0 radical (unpaired) electrons. The molecule has 5 rings (SSSR count). The number of carbonyl (C=O) groups is 2. The van der Waals surface area contributed by atoms with Crippen LogP contribution in [0.15, 0.2) is 42.5 Å². The zero-order valence-corrected chi connectivity index (χ0v) is 18.0. The molecule has 2 fully saturated rings. The van der Waals surface area contributed by atoms with Crippen molar-refractivity contribution in [3.63, 3.8) is 0 Å². The predicted molar refractivity (Wildman–Crippen MR) is 115 cm³/mol. The van der Waals surface area contributed by atoms with Gasteiger partial charge in [0.15, 0.2) is 11.5 Å². The molecule has 2 aromatic rings. The molecule has 2 amide bonds. The molecule has 3 aliphatic rings. The Bertz CT molecular complexity index is 1000. The van der Waals surface area contributed by atoms with Crippen LogP contribution in [0.2, 0.25) is 0 Å². The van der Waals surface area contributed by atoms with Crippen molar-refractivity contribution in [2.75, 3.05) is 13.3 Å². The minimum absolute atomic E-state index is 0.0798. The lowest BCUT2D eigenvalue weighted by molar-refractivity contribution is -0.159. The summed E-state index contributed by atoms with van der Waals surface area (Å²) in [6, 6.07) is 10.8. The second-order valence-corrected chi connectivity index (χ2v) is 8.77. The molecule has 32 heavy (non-hydrogen) atoms. The fourth-order valence-corrected chi connectivity index (χ4v) is 5.01. The second-order valence-electron chi connectivity index (χ2n) is 8.77. The van der Waals surface area contributed by atoms with E-state index in [0.29, 0.717) is 17.1 Å². The number of fused-ring (bicyclic) bond motifs is 1. The summed E-state index contributed by atoms with van der Waals surface area (Å²) in [4.78, 5) is 30.5. The normalized spacial score (nSPS) is 21.7. The number of carbonyl (C=O) groups excluding carboxylic acids is 2. The standard InChI is InChI=1S/C25H27FN2O4/c26-19-10-8-18(9-11-19)24-25(30)27(20-5-3-1-2-4-6-20)15-23(29)28(24)14-17-7-12-21-22(13-17)32-16-31-21/h7-13,20,24H,1-6,14-16H2/t24-/m1/s1. The van der Waals surface area contributed by atoms with Crippen molar-refractivity contribution in [2.24, 2.45) is 0 Å². The number of ether oxygens (including phenoxy) is 2. The van der Waals surface area contributed by atoms with Gasteiger partial charge in [0, 0.05) is 12.6 Å². The lowest BCUT2D eigenvalue weighted by atomic mass is 9.97. The molecule has 168 valence electrons. The topological polar surface area (TPSA) is 59.1 Å². The first-order valence-corrected chi connectivity index (χ1v) is 11.3. The van der Waals surface area contributed by atoms with Crippen LogP contribution in [-0.4, -0.2) is 41.0 Å². The lowest BCUT2D eigenvalue weighted by Crippen LogP contribution is -2.57. The summed E-state index contributed by atoms with van der Waals surface area (Å²) in [5, 5.41) is 0. The molecular formula is C25H27FN2O4. The third-order valence-electron chi connectivity index (χ3n) is 6.70. The van der Waals surface area contributed by atoms with E-state index in [0.717, 1.165) is 31.2 Å². The van der Waals surface area contributed by atoms with Gasteiger partial charge in [0.05, 0.1) is 0 Å². The molecule has 7 heteroatoms. The molecule has 0 N–H and O–H groups in total. The van der Waals surface area contributed by atoms with E-state index in [1.807, 2.05) is 18.2 Å². The Morgan fingerprint density at radius 3 is 2.38 bits per heavy atom. The molecule has 0 unspecified atom stereocenters. The van der Waals surface area contributed by atoms with Gasteiger partial charge >= 0.3 is 0 Å². The van der Waals surface area contributed by atoms with E-state index in [2.05, 4.69) is 0 Å². The van der Waals surface area contributed by atoms with E-state index in [9.17, 15) is 14.0 Å². The van der Waals surface area contributed by atoms with Crippen molar-refractivity contribution in [3.05, 3.63) is 59.4 Å². The average Bonchev–Trinajstić information content (AvgIpc) is 3.09. The number of nitrogens with zero attached hydrogens (tertiary/aromatic N) is 2. The smallest absolute Gasteiger partial charge is 0.250 e. The van der Waals surface area contributed by atoms with Gasteiger partial charge in [0.2, 0.25) is 12.7 Å². The highest BCUT2D eigenvalue weighted by molar-refractivity contribution is 5.95. The first kappa shape index (κ1) is 20.8. The molecule has 0 spiro atoms. The van der Waals surface area contributed by atoms with E-state index in [1.165, 1.54) is 25.0 Å². The Kier molecular flexibility index (Phi) is 5.72. The SMILES string of the molecule is O=C1[C@@H](c2ccc(F)cc2)N(Cc2ccc3c(c2)OCO3)C(=O)CN1C1CCCCCC1. The lowest BCUT2D eigenvalue weighted by Gasteiger charge is -2.43. The molecule has 6 nitrogen and oxygen atoms in total. The molecule has 1 saturated carbocycles. The summed E-state index contributed by atoms with van der Waals surface area (Å²) >= 11 is 0.